The molecule has 1 amide bonds. The first-order valence-electron chi connectivity index (χ1n) is 10.5. The minimum atomic E-state index is -0.589. The second-order valence-electron chi connectivity index (χ2n) is 7.63. The van der Waals surface area contributed by atoms with Crippen LogP contribution in [-0.2, 0) is 11.8 Å². The smallest absolute Gasteiger partial charge is 0.295 e. The molecular weight excluding hydrogens is 458 g/mol. The number of ether oxygens (including phenoxy) is 2. The summed E-state index contributed by atoms with van der Waals surface area (Å²) >= 11 is 1.11. The van der Waals surface area contributed by atoms with Gasteiger partial charge >= 0.3 is 0 Å². The van der Waals surface area contributed by atoms with Crippen molar-refractivity contribution in [1.82, 2.24) is 19.6 Å². The number of thioether (sulfide) groups is 1. The fourth-order valence-electron chi connectivity index (χ4n) is 3.55. The van der Waals surface area contributed by atoms with E-state index in [0.29, 0.717) is 34.3 Å². The largest absolute Gasteiger partial charge is 0.454 e. The number of nitrogens with zero attached hydrogens (tertiary/aromatic N) is 4. The third-order valence-electron chi connectivity index (χ3n) is 5.48. The summed E-state index contributed by atoms with van der Waals surface area (Å²) in [4.78, 5) is 25.9. The number of carbonyl (C=O) groups excluding carboxylic acids is 1. The predicted octanol–water partition coefficient (Wildman–Crippen LogP) is 3.38. The molecule has 3 heterocycles. The molecule has 0 aliphatic carbocycles. The van der Waals surface area contributed by atoms with Gasteiger partial charge in [-0.2, -0.15) is 0 Å². The van der Waals surface area contributed by atoms with Gasteiger partial charge in [0.1, 0.15) is 5.69 Å². The van der Waals surface area contributed by atoms with Gasteiger partial charge in [-0.3, -0.25) is 14.3 Å². The van der Waals surface area contributed by atoms with Crippen LogP contribution >= 0.6 is 11.8 Å². The van der Waals surface area contributed by atoms with Gasteiger partial charge in [0.25, 0.3) is 10.8 Å². The summed E-state index contributed by atoms with van der Waals surface area (Å²) in [5.41, 5.74) is 1.96. The van der Waals surface area contributed by atoms with Crippen LogP contribution in [0.15, 0.2) is 63.0 Å². The van der Waals surface area contributed by atoms with Gasteiger partial charge in [0, 0.05) is 12.6 Å². The van der Waals surface area contributed by atoms with Crippen LogP contribution < -0.4 is 20.3 Å². The van der Waals surface area contributed by atoms with Crippen molar-refractivity contribution in [2.45, 2.75) is 24.3 Å². The van der Waals surface area contributed by atoms with E-state index in [9.17, 15) is 9.59 Å². The molecular formula is C23H21N5O5S. The summed E-state index contributed by atoms with van der Waals surface area (Å²) in [5.74, 6) is 1.22. The summed E-state index contributed by atoms with van der Waals surface area (Å²) in [7, 11) is 1.77. The molecule has 174 valence electrons. The Bertz CT molecular complexity index is 1430. The fourth-order valence-corrected chi connectivity index (χ4v) is 4.23. The van der Waals surface area contributed by atoms with Crippen LogP contribution in [0.5, 0.6) is 11.5 Å². The number of aromatic nitrogens is 4. The van der Waals surface area contributed by atoms with Crippen LogP contribution in [0, 0.1) is 6.92 Å². The molecule has 2 aromatic heterocycles. The van der Waals surface area contributed by atoms with Crippen molar-refractivity contribution < 1.29 is 18.7 Å². The Morgan fingerprint density at radius 2 is 1.88 bits per heavy atom. The molecule has 1 unspecified atom stereocenters. The average molecular weight is 480 g/mol. The number of rotatable bonds is 6. The van der Waals surface area contributed by atoms with E-state index >= 15 is 0 Å². The van der Waals surface area contributed by atoms with Crippen LogP contribution in [0.4, 0.5) is 5.69 Å². The van der Waals surface area contributed by atoms with Crippen molar-refractivity contribution in [3.8, 4) is 28.6 Å². The maximum atomic E-state index is 13.0. The van der Waals surface area contributed by atoms with E-state index in [2.05, 4.69) is 15.5 Å². The van der Waals surface area contributed by atoms with E-state index in [1.807, 2.05) is 30.3 Å². The number of fused-ring (bicyclic) bond motifs is 1. The topological polar surface area (TPSA) is 113 Å². The molecule has 1 N–H and O–H groups in total. The van der Waals surface area contributed by atoms with E-state index < -0.39 is 5.25 Å². The molecule has 1 aliphatic rings. The second-order valence-corrected chi connectivity index (χ2v) is 8.92. The molecule has 11 heteroatoms. The lowest BCUT2D eigenvalue weighted by Gasteiger charge is -2.09. The Labute approximate surface area is 198 Å². The molecule has 0 saturated carbocycles. The van der Waals surface area contributed by atoms with Gasteiger partial charge in [-0.25, -0.2) is 4.68 Å². The van der Waals surface area contributed by atoms with Crippen molar-refractivity contribution in [2.24, 2.45) is 7.05 Å². The monoisotopic (exact) mass is 479 g/mol. The minimum absolute atomic E-state index is 0.174. The number of carbonyl (C=O) groups is 1. The van der Waals surface area contributed by atoms with Crippen LogP contribution in [0.25, 0.3) is 17.1 Å². The number of nitrogens with one attached hydrogen (secondary N) is 1. The quantitative estimate of drug-likeness (QED) is 0.419. The van der Waals surface area contributed by atoms with E-state index in [1.54, 1.807) is 43.8 Å². The van der Waals surface area contributed by atoms with Crippen LogP contribution in [0.2, 0.25) is 0 Å². The third kappa shape index (κ3) is 3.94. The van der Waals surface area contributed by atoms with E-state index in [1.165, 1.54) is 4.68 Å². The molecule has 0 spiro atoms. The van der Waals surface area contributed by atoms with Crippen molar-refractivity contribution in [2.75, 3.05) is 12.1 Å². The van der Waals surface area contributed by atoms with Crippen molar-refractivity contribution in [3.05, 3.63) is 64.6 Å². The molecule has 1 atom stereocenters. The Balaban J connectivity index is 1.30. The van der Waals surface area contributed by atoms with Crippen LogP contribution in [0.1, 0.15) is 12.6 Å². The Morgan fingerprint density at radius 3 is 2.68 bits per heavy atom. The summed E-state index contributed by atoms with van der Waals surface area (Å²) < 4.78 is 19.6. The molecule has 0 saturated heterocycles. The van der Waals surface area contributed by atoms with Crippen molar-refractivity contribution in [3.63, 3.8) is 0 Å². The molecule has 0 fully saturated rings. The van der Waals surface area contributed by atoms with E-state index in [0.717, 1.165) is 11.8 Å². The molecule has 4 aromatic rings. The zero-order valence-electron chi connectivity index (χ0n) is 18.6. The zero-order chi connectivity index (χ0) is 23.8. The number of hydrogen-bond donors (Lipinski definition) is 1. The van der Waals surface area contributed by atoms with Crippen LogP contribution in [0.3, 0.4) is 0 Å². The van der Waals surface area contributed by atoms with Gasteiger partial charge in [-0.15, -0.1) is 10.2 Å². The third-order valence-corrected chi connectivity index (χ3v) is 6.41. The lowest BCUT2D eigenvalue weighted by atomic mass is 10.2. The number of anilines is 1. The lowest BCUT2D eigenvalue weighted by Crippen LogP contribution is -2.27. The fraction of sp³-hybridized carbons (Fsp3) is 0.217. The zero-order valence-corrected chi connectivity index (χ0v) is 19.5. The second kappa shape index (κ2) is 8.75. The van der Waals surface area contributed by atoms with Crippen LogP contribution in [-0.4, -0.2) is 37.5 Å². The average Bonchev–Trinajstić information content (AvgIpc) is 3.55. The SMILES string of the molecule is Cc1c(NC(=O)C(C)Sc2nnc(-c3ccc4c(c3)OCO4)o2)c(=O)n(-c2ccccc2)n1C. The molecule has 10 nitrogen and oxygen atoms in total. The number of para-hydroxylation sites is 1. The Hall–Kier alpha value is -3.99. The van der Waals surface area contributed by atoms with Crippen molar-refractivity contribution >= 4 is 23.4 Å². The molecule has 2 aromatic carbocycles. The van der Waals surface area contributed by atoms with Gasteiger partial charge in [0.15, 0.2) is 11.5 Å². The van der Waals surface area contributed by atoms with Gasteiger partial charge in [-0.05, 0) is 44.2 Å². The highest BCUT2D eigenvalue weighted by Gasteiger charge is 2.24. The first-order valence-corrected chi connectivity index (χ1v) is 11.4. The standard InChI is InChI=1S/C23H21N5O5S/c1-13-19(22(30)28(27(13)3)16-7-5-4-6-8-16)24-20(29)14(2)34-23-26-25-21(33-23)15-9-10-17-18(11-15)32-12-31-17/h4-11,14H,12H2,1-3H3,(H,24,29). The Morgan fingerprint density at radius 1 is 1.12 bits per heavy atom. The normalized spacial score (nSPS) is 13.1. The number of benzene rings is 2. The summed E-state index contributed by atoms with van der Waals surface area (Å²) in [6.45, 7) is 3.66. The highest BCUT2D eigenvalue weighted by Crippen LogP contribution is 2.36. The molecule has 1 aliphatic heterocycles. The van der Waals surface area contributed by atoms with Gasteiger partial charge in [0.05, 0.1) is 16.6 Å². The van der Waals surface area contributed by atoms with E-state index in [-0.39, 0.29) is 29.2 Å². The van der Waals surface area contributed by atoms with Gasteiger partial charge < -0.3 is 19.2 Å². The highest BCUT2D eigenvalue weighted by molar-refractivity contribution is 8.00. The molecule has 34 heavy (non-hydrogen) atoms. The first-order chi connectivity index (χ1) is 16.4. The maximum absolute atomic E-state index is 13.0. The Kier molecular flexibility index (Phi) is 5.62. The minimum Gasteiger partial charge on any atom is -0.454 e. The van der Waals surface area contributed by atoms with Gasteiger partial charge in [-0.1, -0.05) is 30.0 Å². The lowest BCUT2D eigenvalue weighted by molar-refractivity contribution is -0.115. The molecule has 0 bridgehead atoms. The highest BCUT2D eigenvalue weighted by atomic mass is 32.2. The molecule has 0 radical (unpaired) electrons. The maximum Gasteiger partial charge on any atom is 0.295 e. The number of amides is 1. The predicted molar refractivity (Wildman–Crippen MR) is 126 cm³/mol. The summed E-state index contributed by atoms with van der Waals surface area (Å²) in [6, 6.07) is 14.6. The van der Waals surface area contributed by atoms with E-state index in [4.69, 9.17) is 13.9 Å². The number of hydrogen-bond acceptors (Lipinski definition) is 8. The molecule has 5 rings (SSSR count). The van der Waals surface area contributed by atoms with Gasteiger partial charge in [0.2, 0.25) is 18.6 Å². The summed E-state index contributed by atoms with van der Waals surface area (Å²) in [5, 5.41) is 10.5. The van der Waals surface area contributed by atoms with Crippen molar-refractivity contribution in [1.29, 1.82) is 0 Å². The first kappa shape index (κ1) is 21.8. The summed E-state index contributed by atoms with van der Waals surface area (Å²) in [6.07, 6.45) is 0.